The Kier molecular flexibility index (Phi) is 4.06. The van der Waals surface area contributed by atoms with Gasteiger partial charge in [0.2, 0.25) is 0 Å². The lowest BCUT2D eigenvalue weighted by molar-refractivity contribution is 0.389. The Bertz CT molecular complexity index is 375. The third-order valence-corrected chi connectivity index (χ3v) is 4.00. The summed E-state index contributed by atoms with van der Waals surface area (Å²) in [5.74, 6) is 2.08. The van der Waals surface area contributed by atoms with Crippen LogP contribution in [0.3, 0.4) is 0 Å². The van der Waals surface area contributed by atoms with Crippen molar-refractivity contribution >= 4 is 0 Å². The maximum absolute atomic E-state index is 9.74. The fourth-order valence-corrected chi connectivity index (χ4v) is 2.77. The minimum atomic E-state index is 0.405. The van der Waals surface area contributed by atoms with Gasteiger partial charge < -0.3 is 10.4 Å². The minimum Gasteiger partial charge on any atom is -0.508 e. The number of nitrogens with one attached hydrogen (secondary N) is 1. The Labute approximate surface area is 104 Å². The van der Waals surface area contributed by atoms with Gasteiger partial charge >= 0.3 is 0 Å². The molecule has 2 unspecified atom stereocenters. The maximum atomic E-state index is 9.74. The van der Waals surface area contributed by atoms with Crippen molar-refractivity contribution in [2.75, 3.05) is 6.54 Å². The maximum Gasteiger partial charge on any atom is 0.120 e. The molecule has 1 saturated carbocycles. The van der Waals surface area contributed by atoms with Gasteiger partial charge in [0, 0.05) is 12.1 Å². The van der Waals surface area contributed by atoms with E-state index in [1.165, 1.54) is 24.8 Å². The summed E-state index contributed by atoms with van der Waals surface area (Å²) >= 11 is 0. The van der Waals surface area contributed by atoms with E-state index < -0.39 is 0 Å². The highest BCUT2D eigenvalue weighted by Gasteiger charge is 2.22. The molecule has 0 radical (unpaired) electrons. The Morgan fingerprint density at radius 2 is 2.18 bits per heavy atom. The van der Waals surface area contributed by atoms with Crippen molar-refractivity contribution in [2.45, 2.75) is 39.7 Å². The number of phenols is 1. The van der Waals surface area contributed by atoms with Gasteiger partial charge in [-0.05, 0) is 37.8 Å². The van der Waals surface area contributed by atoms with E-state index in [9.17, 15) is 5.11 Å². The second-order valence-electron chi connectivity index (χ2n) is 5.43. The standard InChI is InChI=1S/C15H23NO/c1-11-6-7-15(17)14(8-11)10-16-9-13-5-3-4-12(13)2/h6-8,12-13,16-17H,3-5,9-10H2,1-2H3. The molecule has 2 nitrogen and oxygen atoms in total. The normalized spacial score (nSPS) is 24.1. The van der Waals surface area contributed by atoms with Gasteiger partial charge in [0.05, 0.1) is 0 Å². The topological polar surface area (TPSA) is 32.3 Å². The van der Waals surface area contributed by atoms with Gasteiger partial charge in [-0.2, -0.15) is 0 Å². The van der Waals surface area contributed by atoms with Crippen molar-refractivity contribution < 1.29 is 5.11 Å². The van der Waals surface area contributed by atoms with Crippen LogP contribution >= 0.6 is 0 Å². The predicted molar refractivity (Wildman–Crippen MR) is 71.1 cm³/mol. The Morgan fingerprint density at radius 1 is 1.35 bits per heavy atom. The lowest BCUT2D eigenvalue weighted by atomic mass is 9.98. The van der Waals surface area contributed by atoms with E-state index in [1.54, 1.807) is 6.07 Å². The third-order valence-electron chi connectivity index (χ3n) is 4.00. The van der Waals surface area contributed by atoms with Crippen LogP contribution < -0.4 is 5.32 Å². The van der Waals surface area contributed by atoms with E-state index in [1.807, 2.05) is 6.07 Å². The number of rotatable bonds is 4. The van der Waals surface area contributed by atoms with E-state index in [2.05, 4.69) is 25.2 Å². The number of hydrogen-bond donors (Lipinski definition) is 2. The summed E-state index contributed by atoms with van der Waals surface area (Å²) in [5.41, 5.74) is 2.21. The quantitative estimate of drug-likeness (QED) is 0.837. The molecule has 17 heavy (non-hydrogen) atoms. The van der Waals surface area contributed by atoms with Crippen molar-refractivity contribution in [3.8, 4) is 5.75 Å². The Hall–Kier alpha value is -1.02. The number of benzene rings is 1. The van der Waals surface area contributed by atoms with Crippen LogP contribution in [0, 0.1) is 18.8 Å². The molecular weight excluding hydrogens is 210 g/mol. The molecule has 0 spiro atoms. The average Bonchev–Trinajstić information content (AvgIpc) is 2.70. The first-order chi connectivity index (χ1) is 8.16. The Balaban J connectivity index is 1.83. The van der Waals surface area contributed by atoms with E-state index in [0.717, 1.165) is 30.5 Å². The molecule has 0 bridgehead atoms. The first-order valence-electron chi connectivity index (χ1n) is 6.66. The molecule has 0 amide bonds. The van der Waals surface area contributed by atoms with Crippen molar-refractivity contribution in [3.05, 3.63) is 29.3 Å². The smallest absolute Gasteiger partial charge is 0.120 e. The monoisotopic (exact) mass is 233 g/mol. The molecule has 2 atom stereocenters. The molecule has 2 heteroatoms. The first-order valence-corrected chi connectivity index (χ1v) is 6.66. The van der Waals surface area contributed by atoms with E-state index in [0.29, 0.717) is 5.75 Å². The first kappa shape index (κ1) is 12.4. The van der Waals surface area contributed by atoms with Gasteiger partial charge in [0.1, 0.15) is 5.75 Å². The fourth-order valence-electron chi connectivity index (χ4n) is 2.77. The molecule has 1 aliphatic carbocycles. The van der Waals surface area contributed by atoms with Crippen LogP contribution in [0.5, 0.6) is 5.75 Å². The van der Waals surface area contributed by atoms with Crippen LogP contribution in [0.2, 0.25) is 0 Å². The lowest BCUT2D eigenvalue weighted by Gasteiger charge is -2.16. The Morgan fingerprint density at radius 3 is 2.88 bits per heavy atom. The van der Waals surface area contributed by atoms with Crippen LogP contribution in [-0.2, 0) is 6.54 Å². The van der Waals surface area contributed by atoms with Crippen molar-refractivity contribution in [1.82, 2.24) is 5.32 Å². The third kappa shape index (κ3) is 3.22. The molecule has 1 aromatic carbocycles. The van der Waals surface area contributed by atoms with E-state index in [-0.39, 0.29) is 0 Å². The highest BCUT2D eigenvalue weighted by atomic mass is 16.3. The van der Waals surface area contributed by atoms with E-state index in [4.69, 9.17) is 0 Å². The minimum absolute atomic E-state index is 0.405. The van der Waals surface area contributed by atoms with Gasteiger partial charge in [0.15, 0.2) is 0 Å². The SMILES string of the molecule is Cc1ccc(O)c(CNCC2CCCC2C)c1. The predicted octanol–water partition coefficient (Wildman–Crippen LogP) is 3.23. The second kappa shape index (κ2) is 5.54. The summed E-state index contributed by atoms with van der Waals surface area (Å²) < 4.78 is 0. The molecule has 2 rings (SSSR count). The van der Waals surface area contributed by atoms with E-state index >= 15 is 0 Å². The molecule has 1 aromatic rings. The van der Waals surface area contributed by atoms with Crippen LogP contribution in [0.1, 0.15) is 37.3 Å². The van der Waals surface area contributed by atoms with Gasteiger partial charge in [0.25, 0.3) is 0 Å². The van der Waals surface area contributed by atoms with Crippen molar-refractivity contribution in [2.24, 2.45) is 11.8 Å². The molecule has 2 N–H and O–H groups in total. The molecular formula is C15H23NO. The van der Waals surface area contributed by atoms with Crippen LogP contribution in [0.15, 0.2) is 18.2 Å². The van der Waals surface area contributed by atoms with Gasteiger partial charge in [-0.15, -0.1) is 0 Å². The fraction of sp³-hybridized carbons (Fsp3) is 0.600. The number of hydrogen-bond acceptors (Lipinski definition) is 2. The molecule has 1 fully saturated rings. The van der Waals surface area contributed by atoms with Crippen molar-refractivity contribution in [3.63, 3.8) is 0 Å². The van der Waals surface area contributed by atoms with Crippen LogP contribution in [0.25, 0.3) is 0 Å². The van der Waals surface area contributed by atoms with Gasteiger partial charge in [-0.3, -0.25) is 0 Å². The largest absolute Gasteiger partial charge is 0.508 e. The van der Waals surface area contributed by atoms with Crippen molar-refractivity contribution in [1.29, 1.82) is 0 Å². The molecule has 0 aliphatic heterocycles. The highest BCUT2D eigenvalue weighted by Crippen LogP contribution is 2.30. The second-order valence-corrected chi connectivity index (χ2v) is 5.43. The molecule has 94 valence electrons. The number of aryl methyl sites for hydroxylation is 1. The summed E-state index contributed by atoms with van der Waals surface area (Å²) in [6.07, 6.45) is 4.11. The molecule has 1 aliphatic rings. The molecule has 0 aromatic heterocycles. The zero-order chi connectivity index (χ0) is 12.3. The van der Waals surface area contributed by atoms with Crippen LogP contribution in [-0.4, -0.2) is 11.7 Å². The lowest BCUT2D eigenvalue weighted by Crippen LogP contribution is -2.24. The number of aromatic hydroxyl groups is 1. The van der Waals surface area contributed by atoms with Gasteiger partial charge in [-0.1, -0.05) is 37.5 Å². The highest BCUT2D eigenvalue weighted by molar-refractivity contribution is 5.35. The summed E-state index contributed by atoms with van der Waals surface area (Å²) in [6.45, 7) is 6.26. The summed E-state index contributed by atoms with van der Waals surface area (Å²) in [4.78, 5) is 0. The summed E-state index contributed by atoms with van der Waals surface area (Å²) in [5, 5.41) is 13.2. The zero-order valence-electron chi connectivity index (χ0n) is 10.9. The molecule has 0 saturated heterocycles. The zero-order valence-corrected chi connectivity index (χ0v) is 10.9. The molecule has 0 heterocycles. The summed E-state index contributed by atoms with van der Waals surface area (Å²) in [7, 11) is 0. The average molecular weight is 233 g/mol. The van der Waals surface area contributed by atoms with Crippen LogP contribution in [0.4, 0.5) is 0 Å². The number of phenolic OH excluding ortho intramolecular Hbond substituents is 1. The summed E-state index contributed by atoms with van der Waals surface area (Å²) in [6, 6.07) is 5.78. The van der Waals surface area contributed by atoms with Gasteiger partial charge in [-0.25, -0.2) is 0 Å².